The highest BCUT2D eigenvalue weighted by atomic mass is 16.5. The van der Waals surface area contributed by atoms with E-state index in [2.05, 4.69) is 10.3 Å². The number of hydrogen-bond acceptors (Lipinski definition) is 7. The fraction of sp³-hybridized carbons (Fsp3) is 0.400. The fourth-order valence-electron chi connectivity index (χ4n) is 4.06. The van der Waals surface area contributed by atoms with E-state index in [0.717, 1.165) is 29.0 Å². The topological polar surface area (TPSA) is 101 Å². The highest BCUT2D eigenvalue weighted by Gasteiger charge is 2.22. The van der Waals surface area contributed by atoms with E-state index in [0.29, 0.717) is 35.6 Å². The van der Waals surface area contributed by atoms with Gasteiger partial charge in [0.15, 0.2) is 11.5 Å². The van der Waals surface area contributed by atoms with Crippen LogP contribution in [-0.4, -0.2) is 42.4 Å². The van der Waals surface area contributed by atoms with Crippen LogP contribution in [0.2, 0.25) is 0 Å². The van der Waals surface area contributed by atoms with Crippen molar-refractivity contribution < 1.29 is 23.7 Å². The molecule has 0 unspecified atom stereocenters. The number of nitrogens with one attached hydrogen (secondary N) is 1. The minimum absolute atomic E-state index is 0.128. The highest BCUT2D eigenvalue weighted by molar-refractivity contribution is 5.81. The van der Waals surface area contributed by atoms with Crippen LogP contribution in [0.4, 0.5) is 0 Å². The van der Waals surface area contributed by atoms with Crippen LogP contribution in [-0.2, 0) is 24.3 Å². The number of nitrogens with zero attached hydrogens (tertiary/aromatic N) is 2. The van der Waals surface area contributed by atoms with Gasteiger partial charge in [-0.2, -0.15) is 0 Å². The van der Waals surface area contributed by atoms with Crippen molar-refractivity contribution in [3.63, 3.8) is 0 Å². The number of ether oxygens (including phenoxy) is 4. The number of benzene rings is 2. The van der Waals surface area contributed by atoms with Crippen molar-refractivity contribution in [2.45, 2.75) is 45.9 Å². The summed E-state index contributed by atoms with van der Waals surface area (Å²) in [5, 5.41) is 3.31. The van der Waals surface area contributed by atoms with Gasteiger partial charge in [0.1, 0.15) is 17.6 Å². The van der Waals surface area contributed by atoms with Gasteiger partial charge in [0.2, 0.25) is 5.91 Å². The molecule has 1 N–H and O–H groups in total. The predicted octanol–water partition coefficient (Wildman–Crippen LogP) is 2.84. The zero-order valence-electron chi connectivity index (χ0n) is 19.8. The number of methoxy groups -OCH3 is 2. The number of carbonyl (C=O) groups excluding carboxylic acids is 1. The second-order valence-corrected chi connectivity index (χ2v) is 8.13. The second kappa shape index (κ2) is 10.0. The van der Waals surface area contributed by atoms with Crippen molar-refractivity contribution in [2.24, 2.45) is 0 Å². The van der Waals surface area contributed by atoms with Gasteiger partial charge in [-0.1, -0.05) is 0 Å². The molecule has 9 nitrogen and oxygen atoms in total. The Bertz CT molecular complexity index is 1270. The van der Waals surface area contributed by atoms with E-state index in [1.807, 2.05) is 26.0 Å². The Morgan fingerprint density at radius 3 is 2.68 bits per heavy atom. The number of hydrogen-bond donors (Lipinski definition) is 1. The Morgan fingerprint density at radius 1 is 1.18 bits per heavy atom. The molecule has 4 rings (SSSR count). The number of aryl methyl sites for hydroxylation is 1. The number of carbonyl (C=O) groups is 1. The average Bonchev–Trinajstić information content (AvgIpc) is 3.20. The van der Waals surface area contributed by atoms with Gasteiger partial charge in [-0.25, -0.2) is 4.98 Å². The number of rotatable bonds is 9. The normalized spacial score (nSPS) is 14.4. The van der Waals surface area contributed by atoms with Gasteiger partial charge in [-0.3, -0.25) is 14.2 Å². The molecule has 0 bridgehead atoms. The van der Waals surface area contributed by atoms with E-state index < -0.39 is 0 Å². The van der Waals surface area contributed by atoms with Crippen LogP contribution in [0.5, 0.6) is 23.0 Å². The molecule has 1 atom stereocenters. The minimum atomic E-state index is -0.248. The number of amides is 1. The van der Waals surface area contributed by atoms with Crippen LogP contribution in [0.1, 0.15) is 31.4 Å². The van der Waals surface area contributed by atoms with Gasteiger partial charge >= 0.3 is 0 Å². The maximum Gasteiger partial charge on any atom is 0.261 e. The third-order valence-electron chi connectivity index (χ3n) is 5.76. The summed E-state index contributed by atoms with van der Waals surface area (Å²) in [6, 6.07) is 7.19. The molecule has 1 aliphatic heterocycles. The summed E-state index contributed by atoms with van der Waals surface area (Å²) in [6.07, 6.45) is 2.54. The Labute approximate surface area is 197 Å². The number of fused-ring (bicyclic) bond motifs is 2. The molecular weight excluding hydrogens is 438 g/mol. The van der Waals surface area contributed by atoms with Crippen molar-refractivity contribution in [2.75, 3.05) is 20.8 Å². The van der Waals surface area contributed by atoms with Crippen molar-refractivity contribution in [3.05, 3.63) is 52.1 Å². The lowest BCUT2D eigenvalue weighted by molar-refractivity contribution is -0.121. The molecule has 2 aromatic carbocycles. The molecule has 180 valence electrons. The first kappa shape index (κ1) is 23.4. The smallest absolute Gasteiger partial charge is 0.261 e. The van der Waals surface area contributed by atoms with Gasteiger partial charge in [0.25, 0.3) is 5.56 Å². The molecule has 1 aromatic heterocycles. The molecule has 34 heavy (non-hydrogen) atoms. The molecule has 1 amide bonds. The van der Waals surface area contributed by atoms with Crippen molar-refractivity contribution in [1.29, 1.82) is 0 Å². The first-order chi connectivity index (χ1) is 16.4. The molecule has 3 aromatic rings. The molecule has 0 fully saturated rings. The SMILES string of the molecule is CCOc1cc2c(cc1CNC(=O)CCn1cnc3cc(OC)c(OC)cc3c1=O)O[C@@H](C)C2. The van der Waals surface area contributed by atoms with Crippen LogP contribution in [0.15, 0.2) is 35.4 Å². The molecular formula is C25H29N3O6. The molecule has 9 heteroatoms. The van der Waals surface area contributed by atoms with E-state index in [9.17, 15) is 9.59 Å². The summed E-state index contributed by atoms with van der Waals surface area (Å²) in [5.74, 6) is 2.34. The Hall–Kier alpha value is -3.75. The molecule has 0 saturated carbocycles. The van der Waals surface area contributed by atoms with Gasteiger partial charge in [-0.05, 0) is 32.0 Å². The van der Waals surface area contributed by atoms with Crippen LogP contribution in [0, 0.1) is 0 Å². The van der Waals surface area contributed by atoms with Crippen LogP contribution >= 0.6 is 0 Å². The first-order valence-electron chi connectivity index (χ1n) is 11.3. The second-order valence-electron chi connectivity index (χ2n) is 8.13. The van der Waals surface area contributed by atoms with Crippen molar-refractivity contribution in [1.82, 2.24) is 14.9 Å². The largest absolute Gasteiger partial charge is 0.494 e. The molecule has 0 radical (unpaired) electrons. The highest BCUT2D eigenvalue weighted by Crippen LogP contribution is 2.35. The van der Waals surface area contributed by atoms with E-state index in [1.54, 1.807) is 12.1 Å². The summed E-state index contributed by atoms with van der Waals surface area (Å²) in [4.78, 5) is 29.8. The number of aromatic nitrogens is 2. The van der Waals surface area contributed by atoms with Crippen LogP contribution < -0.4 is 29.8 Å². The van der Waals surface area contributed by atoms with Crippen LogP contribution in [0.25, 0.3) is 10.9 Å². The third-order valence-corrected chi connectivity index (χ3v) is 5.76. The quantitative estimate of drug-likeness (QED) is 0.516. The monoisotopic (exact) mass is 467 g/mol. The summed E-state index contributed by atoms with van der Waals surface area (Å²) < 4.78 is 23.6. The lowest BCUT2D eigenvalue weighted by Crippen LogP contribution is -2.27. The van der Waals surface area contributed by atoms with Crippen LogP contribution in [0.3, 0.4) is 0 Å². The Balaban J connectivity index is 1.43. The summed E-state index contributed by atoms with van der Waals surface area (Å²) in [7, 11) is 3.03. The van der Waals surface area contributed by atoms with E-state index in [1.165, 1.54) is 25.1 Å². The predicted molar refractivity (Wildman–Crippen MR) is 127 cm³/mol. The van der Waals surface area contributed by atoms with E-state index >= 15 is 0 Å². The Kier molecular flexibility index (Phi) is 6.90. The maximum absolute atomic E-state index is 12.9. The molecule has 0 aliphatic carbocycles. The van der Waals surface area contributed by atoms with Crippen molar-refractivity contribution >= 4 is 16.8 Å². The molecule has 1 aliphatic rings. The Morgan fingerprint density at radius 2 is 1.94 bits per heavy atom. The van der Waals surface area contributed by atoms with E-state index in [-0.39, 0.29) is 30.5 Å². The first-order valence-corrected chi connectivity index (χ1v) is 11.3. The maximum atomic E-state index is 12.9. The fourth-order valence-corrected chi connectivity index (χ4v) is 4.06. The summed E-state index contributed by atoms with van der Waals surface area (Å²) in [5.41, 5.74) is 2.22. The summed E-state index contributed by atoms with van der Waals surface area (Å²) >= 11 is 0. The molecule has 0 spiro atoms. The zero-order chi connectivity index (χ0) is 24.2. The summed E-state index contributed by atoms with van der Waals surface area (Å²) in [6.45, 7) is 4.99. The lowest BCUT2D eigenvalue weighted by atomic mass is 10.1. The average molecular weight is 468 g/mol. The van der Waals surface area contributed by atoms with Gasteiger partial charge in [0, 0.05) is 43.1 Å². The van der Waals surface area contributed by atoms with Gasteiger partial charge in [0.05, 0.1) is 38.1 Å². The van der Waals surface area contributed by atoms with Gasteiger partial charge in [-0.15, -0.1) is 0 Å². The van der Waals surface area contributed by atoms with Gasteiger partial charge < -0.3 is 24.3 Å². The molecule has 0 saturated heterocycles. The van der Waals surface area contributed by atoms with E-state index in [4.69, 9.17) is 18.9 Å². The lowest BCUT2D eigenvalue weighted by Gasteiger charge is -2.14. The zero-order valence-corrected chi connectivity index (χ0v) is 19.8. The molecule has 2 heterocycles. The third kappa shape index (κ3) is 4.78. The van der Waals surface area contributed by atoms with Crippen molar-refractivity contribution in [3.8, 4) is 23.0 Å². The minimum Gasteiger partial charge on any atom is -0.494 e. The standard InChI is InChI=1S/C25H29N3O6/c1-5-33-20-9-16-8-15(2)34-21(16)10-17(20)13-26-24(29)6-7-28-14-27-19-12-23(32-4)22(31-3)11-18(19)25(28)30/h9-12,14-15H,5-8,13H2,1-4H3,(H,26,29)/t15-/m0/s1.